The summed E-state index contributed by atoms with van der Waals surface area (Å²) in [6.07, 6.45) is -3.56. The maximum absolute atomic E-state index is 13.7. The van der Waals surface area contributed by atoms with Gasteiger partial charge in [-0.25, -0.2) is 13.2 Å². The summed E-state index contributed by atoms with van der Waals surface area (Å²) in [5.41, 5.74) is -1.68. The summed E-state index contributed by atoms with van der Waals surface area (Å²) >= 11 is 0. The highest BCUT2D eigenvalue weighted by Gasteiger charge is 2.33. The van der Waals surface area contributed by atoms with E-state index in [-0.39, 0.29) is 17.5 Å². The molecular weight excluding hydrogens is 376 g/mol. The van der Waals surface area contributed by atoms with E-state index in [0.717, 1.165) is 18.3 Å². The van der Waals surface area contributed by atoms with Crippen molar-refractivity contribution in [3.63, 3.8) is 0 Å². The van der Waals surface area contributed by atoms with Crippen LogP contribution >= 0.6 is 0 Å². The SMILES string of the molecule is Fc1ccc(Nc2nncc(Nc3ccccc3C(F)(F)F)n2)c(F)c1F. The molecule has 0 aliphatic heterocycles. The number of rotatable bonds is 4. The number of nitrogens with one attached hydrogen (secondary N) is 2. The highest BCUT2D eigenvalue weighted by Crippen LogP contribution is 2.35. The molecule has 5 nitrogen and oxygen atoms in total. The molecule has 0 saturated carbocycles. The number of benzene rings is 2. The number of hydrogen-bond donors (Lipinski definition) is 2. The quantitative estimate of drug-likeness (QED) is 0.499. The van der Waals surface area contributed by atoms with E-state index in [4.69, 9.17) is 0 Å². The molecule has 2 aromatic carbocycles. The van der Waals surface area contributed by atoms with E-state index < -0.39 is 34.9 Å². The van der Waals surface area contributed by atoms with E-state index in [9.17, 15) is 26.3 Å². The molecule has 3 rings (SSSR count). The van der Waals surface area contributed by atoms with Crippen LogP contribution in [-0.4, -0.2) is 15.2 Å². The van der Waals surface area contributed by atoms with Crippen LogP contribution in [0.5, 0.6) is 0 Å². The van der Waals surface area contributed by atoms with Crippen LogP contribution in [-0.2, 0) is 6.18 Å². The molecule has 0 unspecified atom stereocenters. The Morgan fingerprint density at radius 3 is 2.30 bits per heavy atom. The molecule has 1 heterocycles. The van der Waals surface area contributed by atoms with Crippen LogP contribution in [0.1, 0.15) is 5.56 Å². The standard InChI is InChI=1S/C16H9F6N5/c17-9-5-6-11(14(19)13(9)18)25-15-26-12(7-23-27-15)24-10-4-2-1-3-8(10)16(20,21)22/h1-7H,(H2,24,25,26,27). The van der Waals surface area contributed by atoms with Gasteiger partial charge in [0.15, 0.2) is 23.3 Å². The van der Waals surface area contributed by atoms with Crippen molar-refractivity contribution in [3.8, 4) is 0 Å². The smallest absolute Gasteiger partial charge is 0.338 e. The summed E-state index contributed by atoms with van der Waals surface area (Å²) in [7, 11) is 0. The van der Waals surface area contributed by atoms with E-state index >= 15 is 0 Å². The summed E-state index contributed by atoms with van der Waals surface area (Å²) in [6.45, 7) is 0. The van der Waals surface area contributed by atoms with Gasteiger partial charge in [0.1, 0.15) is 0 Å². The summed E-state index contributed by atoms with van der Waals surface area (Å²) in [6, 6.07) is 6.29. The molecule has 2 N–H and O–H groups in total. The van der Waals surface area contributed by atoms with Crippen LogP contribution in [0.3, 0.4) is 0 Å². The maximum atomic E-state index is 13.7. The van der Waals surface area contributed by atoms with Gasteiger partial charge in [0.2, 0.25) is 5.95 Å². The minimum Gasteiger partial charge on any atom is -0.338 e. The van der Waals surface area contributed by atoms with Gasteiger partial charge in [-0.15, -0.1) is 5.10 Å². The molecule has 0 spiro atoms. The molecule has 1 aromatic heterocycles. The van der Waals surface area contributed by atoms with Crippen molar-refractivity contribution >= 4 is 23.1 Å². The third kappa shape index (κ3) is 4.07. The van der Waals surface area contributed by atoms with Gasteiger partial charge in [-0.05, 0) is 24.3 Å². The fraction of sp³-hybridized carbons (Fsp3) is 0.0625. The van der Waals surface area contributed by atoms with Crippen molar-refractivity contribution in [2.24, 2.45) is 0 Å². The molecule has 0 saturated heterocycles. The molecular formula is C16H9F6N5. The Morgan fingerprint density at radius 1 is 0.815 bits per heavy atom. The number of alkyl halides is 3. The van der Waals surface area contributed by atoms with Crippen molar-refractivity contribution in [1.82, 2.24) is 15.2 Å². The highest BCUT2D eigenvalue weighted by molar-refractivity contribution is 5.62. The van der Waals surface area contributed by atoms with Crippen molar-refractivity contribution in [2.45, 2.75) is 6.18 Å². The first-order valence-corrected chi connectivity index (χ1v) is 7.29. The lowest BCUT2D eigenvalue weighted by molar-refractivity contribution is -0.136. The molecule has 140 valence electrons. The van der Waals surface area contributed by atoms with Gasteiger partial charge in [-0.1, -0.05) is 12.1 Å². The van der Waals surface area contributed by atoms with Gasteiger partial charge in [0.25, 0.3) is 0 Å². The second-order valence-corrected chi connectivity index (χ2v) is 5.18. The van der Waals surface area contributed by atoms with E-state index in [0.29, 0.717) is 6.07 Å². The first kappa shape index (κ1) is 18.4. The summed E-state index contributed by atoms with van der Waals surface area (Å²) in [4.78, 5) is 3.83. The number of para-hydroxylation sites is 1. The Kier molecular flexibility index (Phi) is 4.84. The molecule has 0 aliphatic rings. The van der Waals surface area contributed by atoms with Crippen LogP contribution in [0.2, 0.25) is 0 Å². The van der Waals surface area contributed by atoms with Gasteiger partial charge in [0, 0.05) is 0 Å². The Labute approximate surface area is 148 Å². The van der Waals surface area contributed by atoms with Gasteiger partial charge in [-0.2, -0.15) is 23.3 Å². The second kappa shape index (κ2) is 7.09. The van der Waals surface area contributed by atoms with Gasteiger partial charge < -0.3 is 10.6 Å². The monoisotopic (exact) mass is 385 g/mol. The highest BCUT2D eigenvalue weighted by atomic mass is 19.4. The van der Waals surface area contributed by atoms with Gasteiger partial charge in [0.05, 0.1) is 23.1 Å². The maximum Gasteiger partial charge on any atom is 0.418 e. The molecule has 0 amide bonds. The Bertz CT molecular complexity index is 976. The summed E-state index contributed by atoms with van der Waals surface area (Å²) < 4.78 is 79.0. The van der Waals surface area contributed by atoms with Crippen molar-refractivity contribution < 1.29 is 26.3 Å². The van der Waals surface area contributed by atoms with Crippen LogP contribution in [0, 0.1) is 17.5 Å². The fourth-order valence-corrected chi connectivity index (χ4v) is 2.14. The number of nitrogens with zero attached hydrogens (tertiary/aromatic N) is 3. The normalized spacial score (nSPS) is 11.3. The fourth-order valence-electron chi connectivity index (χ4n) is 2.14. The Morgan fingerprint density at radius 2 is 1.56 bits per heavy atom. The lowest BCUT2D eigenvalue weighted by Crippen LogP contribution is -2.10. The first-order valence-electron chi connectivity index (χ1n) is 7.29. The largest absolute Gasteiger partial charge is 0.418 e. The average Bonchev–Trinajstić information content (AvgIpc) is 2.62. The average molecular weight is 385 g/mol. The minimum atomic E-state index is -4.60. The molecule has 0 bridgehead atoms. The van der Waals surface area contributed by atoms with E-state index in [1.807, 2.05) is 0 Å². The molecule has 11 heteroatoms. The van der Waals surface area contributed by atoms with Crippen LogP contribution in [0.4, 0.5) is 49.5 Å². The predicted octanol–water partition coefficient (Wildman–Crippen LogP) is 4.79. The lowest BCUT2D eigenvalue weighted by atomic mass is 10.1. The van der Waals surface area contributed by atoms with E-state index in [2.05, 4.69) is 25.8 Å². The van der Waals surface area contributed by atoms with Crippen LogP contribution in [0.25, 0.3) is 0 Å². The first-order chi connectivity index (χ1) is 12.8. The molecule has 0 atom stereocenters. The topological polar surface area (TPSA) is 62.7 Å². The zero-order chi connectivity index (χ0) is 19.6. The number of hydrogen-bond acceptors (Lipinski definition) is 5. The Hall–Kier alpha value is -3.37. The van der Waals surface area contributed by atoms with Gasteiger partial charge in [-0.3, -0.25) is 0 Å². The van der Waals surface area contributed by atoms with E-state index in [1.165, 1.54) is 18.2 Å². The number of aromatic nitrogens is 3. The van der Waals surface area contributed by atoms with Crippen molar-refractivity contribution in [2.75, 3.05) is 10.6 Å². The van der Waals surface area contributed by atoms with Crippen LogP contribution < -0.4 is 10.6 Å². The van der Waals surface area contributed by atoms with Crippen molar-refractivity contribution in [3.05, 3.63) is 65.6 Å². The third-order valence-corrected chi connectivity index (χ3v) is 3.34. The van der Waals surface area contributed by atoms with Crippen LogP contribution in [0.15, 0.2) is 42.6 Å². The number of anilines is 4. The molecule has 0 radical (unpaired) electrons. The zero-order valence-corrected chi connectivity index (χ0v) is 13.2. The van der Waals surface area contributed by atoms with Gasteiger partial charge >= 0.3 is 6.18 Å². The molecule has 3 aromatic rings. The summed E-state index contributed by atoms with van der Waals surface area (Å²) in [5.74, 6) is -5.04. The molecule has 0 aliphatic carbocycles. The second-order valence-electron chi connectivity index (χ2n) is 5.18. The third-order valence-electron chi connectivity index (χ3n) is 3.34. The van der Waals surface area contributed by atoms with Crippen molar-refractivity contribution in [1.29, 1.82) is 0 Å². The summed E-state index contributed by atoms with van der Waals surface area (Å²) in [5, 5.41) is 11.8. The van der Waals surface area contributed by atoms with E-state index in [1.54, 1.807) is 0 Å². The minimum absolute atomic E-state index is 0.132. The number of halogens is 6. The Balaban J connectivity index is 1.87. The molecule has 0 fully saturated rings. The predicted molar refractivity (Wildman–Crippen MR) is 84.2 cm³/mol. The lowest BCUT2D eigenvalue weighted by Gasteiger charge is -2.14. The molecule has 27 heavy (non-hydrogen) atoms. The zero-order valence-electron chi connectivity index (χ0n) is 13.2.